The zero-order valence-corrected chi connectivity index (χ0v) is 19.5. The Hall–Kier alpha value is -2.06. The van der Waals surface area contributed by atoms with Crippen LogP contribution in [-0.2, 0) is 4.79 Å². The van der Waals surface area contributed by atoms with Crippen LogP contribution in [0.15, 0.2) is 42.5 Å². The van der Waals surface area contributed by atoms with Gasteiger partial charge in [0, 0.05) is 11.6 Å². The number of methoxy groups -OCH3 is 1. The summed E-state index contributed by atoms with van der Waals surface area (Å²) < 4.78 is 12.0. The summed E-state index contributed by atoms with van der Waals surface area (Å²) in [7, 11) is 5.59. The zero-order valence-electron chi connectivity index (χ0n) is 17.1. The van der Waals surface area contributed by atoms with Gasteiger partial charge in [0.1, 0.15) is 0 Å². The van der Waals surface area contributed by atoms with Crippen LogP contribution >= 0.6 is 35.3 Å². The highest BCUT2D eigenvalue weighted by molar-refractivity contribution is 7.22. The molecule has 1 amide bonds. The van der Waals surface area contributed by atoms with Gasteiger partial charge in [0.2, 0.25) is 0 Å². The highest BCUT2D eigenvalue weighted by Crippen LogP contribution is 2.31. The second kappa shape index (κ2) is 11.4. The standard InChI is InChI=1S/C21H24ClN3O3S.ClH/c1-24(2)11-6-12-25(21-23-16-10-9-15(22)13-19(16)29-21)20(26)14-28-18-8-5-4-7-17(18)27-3;/h4-5,7-10,13H,6,11-12,14H2,1-3H3;1H. The lowest BCUT2D eigenvalue weighted by Crippen LogP contribution is -2.36. The predicted molar refractivity (Wildman–Crippen MR) is 126 cm³/mol. The molecule has 0 spiro atoms. The molecule has 0 fully saturated rings. The molecule has 9 heteroatoms. The van der Waals surface area contributed by atoms with Crippen LogP contribution in [0, 0.1) is 0 Å². The fourth-order valence-electron chi connectivity index (χ4n) is 2.83. The van der Waals surface area contributed by atoms with E-state index in [2.05, 4.69) is 9.88 Å². The Morgan fingerprint density at radius 2 is 1.87 bits per heavy atom. The first-order valence-electron chi connectivity index (χ1n) is 9.25. The molecule has 0 bridgehead atoms. The second-order valence-corrected chi connectivity index (χ2v) is 8.20. The summed E-state index contributed by atoms with van der Waals surface area (Å²) in [5.41, 5.74) is 0.824. The molecule has 0 aliphatic heterocycles. The van der Waals surface area contributed by atoms with Gasteiger partial charge < -0.3 is 14.4 Å². The maximum absolute atomic E-state index is 13.0. The van der Waals surface area contributed by atoms with E-state index in [4.69, 9.17) is 21.1 Å². The average Bonchev–Trinajstić information content (AvgIpc) is 3.12. The maximum Gasteiger partial charge on any atom is 0.266 e. The van der Waals surface area contributed by atoms with Crippen molar-refractivity contribution in [2.45, 2.75) is 6.42 Å². The van der Waals surface area contributed by atoms with Gasteiger partial charge in [-0.2, -0.15) is 0 Å². The molecular formula is C21H25Cl2N3O3S. The smallest absolute Gasteiger partial charge is 0.266 e. The summed E-state index contributed by atoms with van der Waals surface area (Å²) in [5, 5.41) is 1.30. The van der Waals surface area contributed by atoms with Crippen LogP contribution in [0.1, 0.15) is 6.42 Å². The Labute approximate surface area is 191 Å². The van der Waals surface area contributed by atoms with Crippen LogP contribution in [0.4, 0.5) is 5.13 Å². The molecule has 0 aliphatic carbocycles. The van der Waals surface area contributed by atoms with Crippen molar-refractivity contribution < 1.29 is 14.3 Å². The second-order valence-electron chi connectivity index (χ2n) is 6.75. The van der Waals surface area contributed by atoms with Crippen molar-refractivity contribution in [3.8, 4) is 11.5 Å². The number of ether oxygens (including phenoxy) is 2. The topological polar surface area (TPSA) is 54.9 Å². The molecule has 0 N–H and O–H groups in total. The molecular weight excluding hydrogens is 445 g/mol. The number of rotatable bonds is 9. The molecule has 2 aromatic carbocycles. The summed E-state index contributed by atoms with van der Waals surface area (Å²) in [4.78, 5) is 21.4. The van der Waals surface area contributed by atoms with Gasteiger partial charge in [0.15, 0.2) is 23.2 Å². The van der Waals surface area contributed by atoms with Crippen LogP contribution in [0.25, 0.3) is 10.2 Å². The number of aromatic nitrogens is 1. The van der Waals surface area contributed by atoms with Crippen molar-refractivity contribution >= 4 is 56.6 Å². The molecule has 3 rings (SSSR count). The summed E-state index contributed by atoms with van der Waals surface area (Å²) >= 11 is 7.55. The van der Waals surface area contributed by atoms with E-state index in [1.54, 1.807) is 30.2 Å². The third kappa shape index (κ3) is 6.22. The first-order chi connectivity index (χ1) is 14.0. The summed E-state index contributed by atoms with van der Waals surface area (Å²) in [6.07, 6.45) is 0.823. The van der Waals surface area contributed by atoms with Gasteiger partial charge in [-0.15, -0.1) is 12.4 Å². The number of hydrogen-bond acceptors (Lipinski definition) is 6. The van der Waals surface area contributed by atoms with Gasteiger partial charge >= 0.3 is 0 Å². The van der Waals surface area contributed by atoms with E-state index in [-0.39, 0.29) is 24.9 Å². The molecule has 30 heavy (non-hydrogen) atoms. The number of carbonyl (C=O) groups excluding carboxylic acids is 1. The largest absolute Gasteiger partial charge is 0.493 e. The van der Waals surface area contributed by atoms with Crippen molar-refractivity contribution in [2.24, 2.45) is 0 Å². The third-order valence-electron chi connectivity index (χ3n) is 4.28. The van der Waals surface area contributed by atoms with Crippen molar-refractivity contribution in [1.29, 1.82) is 0 Å². The first-order valence-corrected chi connectivity index (χ1v) is 10.4. The number of amides is 1. The molecule has 0 saturated heterocycles. The lowest BCUT2D eigenvalue weighted by atomic mass is 10.3. The van der Waals surface area contributed by atoms with Gasteiger partial charge in [0.25, 0.3) is 5.91 Å². The monoisotopic (exact) mass is 469 g/mol. The van der Waals surface area contributed by atoms with Gasteiger partial charge in [-0.05, 0) is 57.4 Å². The number of anilines is 1. The average molecular weight is 470 g/mol. The van der Waals surface area contributed by atoms with E-state index in [9.17, 15) is 4.79 Å². The van der Waals surface area contributed by atoms with Crippen LogP contribution in [0.5, 0.6) is 11.5 Å². The number of hydrogen-bond donors (Lipinski definition) is 0. The Morgan fingerprint density at radius 3 is 2.57 bits per heavy atom. The molecule has 1 heterocycles. The number of carbonyl (C=O) groups is 1. The van der Waals surface area contributed by atoms with Gasteiger partial charge in [-0.3, -0.25) is 9.69 Å². The minimum atomic E-state index is -0.153. The van der Waals surface area contributed by atoms with Crippen molar-refractivity contribution in [1.82, 2.24) is 9.88 Å². The van der Waals surface area contributed by atoms with Crippen LogP contribution in [0.3, 0.4) is 0 Å². The maximum atomic E-state index is 13.0. The number of benzene rings is 2. The van der Waals surface area contributed by atoms with Crippen LogP contribution < -0.4 is 14.4 Å². The molecule has 162 valence electrons. The van der Waals surface area contributed by atoms with E-state index in [0.29, 0.717) is 28.2 Å². The van der Waals surface area contributed by atoms with E-state index >= 15 is 0 Å². The highest BCUT2D eigenvalue weighted by Gasteiger charge is 2.21. The van der Waals surface area contributed by atoms with E-state index in [0.717, 1.165) is 23.2 Å². The van der Waals surface area contributed by atoms with Crippen LogP contribution in [-0.4, -0.2) is 56.7 Å². The lowest BCUT2D eigenvalue weighted by molar-refractivity contribution is -0.120. The number of fused-ring (bicyclic) bond motifs is 1. The lowest BCUT2D eigenvalue weighted by Gasteiger charge is -2.21. The number of thiazole rings is 1. The summed E-state index contributed by atoms with van der Waals surface area (Å²) in [6.45, 7) is 1.33. The van der Waals surface area contributed by atoms with E-state index < -0.39 is 0 Å². The minimum Gasteiger partial charge on any atom is -0.493 e. The Kier molecular flexibility index (Phi) is 9.17. The fourth-order valence-corrected chi connectivity index (χ4v) is 4.11. The summed E-state index contributed by atoms with van der Waals surface area (Å²) in [6, 6.07) is 12.8. The molecule has 6 nitrogen and oxygen atoms in total. The number of para-hydroxylation sites is 2. The third-order valence-corrected chi connectivity index (χ3v) is 5.55. The Balaban J connectivity index is 0.00000320. The van der Waals surface area contributed by atoms with Crippen molar-refractivity contribution in [3.63, 3.8) is 0 Å². The van der Waals surface area contributed by atoms with E-state index in [1.165, 1.54) is 11.3 Å². The molecule has 1 aromatic heterocycles. The first kappa shape index (κ1) is 24.2. The predicted octanol–water partition coefficient (Wildman–Crippen LogP) is 4.74. The molecule has 3 aromatic rings. The normalized spacial score (nSPS) is 10.7. The number of nitrogens with zero attached hydrogens (tertiary/aromatic N) is 3. The van der Waals surface area contributed by atoms with E-state index in [1.807, 2.05) is 38.4 Å². The molecule has 0 saturated carbocycles. The SMILES string of the molecule is COc1ccccc1OCC(=O)N(CCCN(C)C)c1nc2ccc(Cl)cc2s1.Cl. The van der Waals surface area contributed by atoms with Crippen molar-refractivity contribution in [2.75, 3.05) is 45.8 Å². The van der Waals surface area contributed by atoms with Crippen molar-refractivity contribution in [3.05, 3.63) is 47.5 Å². The number of halogens is 2. The molecule has 0 aliphatic rings. The summed E-state index contributed by atoms with van der Waals surface area (Å²) in [5.74, 6) is 0.974. The minimum absolute atomic E-state index is 0. The molecule has 0 radical (unpaired) electrons. The highest BCUT2D eigenvalue weighted by atomic mass is 35.5. The van der Waals surface area contributed by atoms with Gasteiger partial charge in [-0.1, -0.05) is 35.1 Å². The van der Waals surface area contributed by atoms with Gasteiger partial charge in [0.05, 0.1) is 17.3 Å². The zero-order chi connectivity index (χ0) is 20.8. The Bertz CT molecular complexity index is 981. The molecule has 0 atom stereocenters. The van der Waals surface area contributed by atoms with Gasteiger partial charge in [-0.25, -0.2) is 4.98 Å². The fraction of sp³-hybridized carbons (Fsp3) is 0.333. The quantitative estimate of drug-likeness (QED) is 0.452. The molecule has 0 unspecified atom stereocenters. The van der Waals surface area contributed by atoms with Crippen LogP contribution in [0.2, 0.25) is 5.02 Å². The Morgan fingerprint density at radius 1 is 1.13 bits per heavy atom.